The average molecular weight is 251 g/mol. The number of hydrogen-bond acceptors (Lipinski definition) is 5. The summed E-state index contributed by atoms with van der Waals surface area (Å²) in [7, 11) is -3.41. The largest absolute Gasteiger partial charge is 0.480 e. The van der Waals surface area contributed by atoms with E-state index in [-0.39, 0.29) is 12.3 Å². The molecule has 7 nitrogen and oxygen atoms in total. The van der Waals surface area contributed by atoms with E-state index in [0.717, 1.165) is 0 Å². The summed E-state index contributed by atoms with van der Waals surface area (Å²) in [6.07, 6.45) is 0. The van der Waals surface area contributed by atoms with E-state index >= 15 is 0 Å². The number of hydrogen-bond donors (Lipinski definition) is 2. The number of carboxylic acid groups (broad SMARTS) is 1. The van der Waals surface area contributed by atoms with Crippen LogP contribution in [-0.4, -0.2) is 74.3 Å². The van der Waals surface area contributed by atoms with Gasteiger partial charge >= 0.3 is 5.97 Å². The van der Waals surface area contributed by atoms with Crippen LogP contribution in [0.5, 0.6) is 0 Å². The molecule has 0 aromatic carbocycles. The van der Waals surface area contributed by atoms with Gasteiger partial charge in [-0.2, -0.15) is 0 Å². The fraction of sp³-hybridized carbons (Fsp3) is 0.875. The van der Waals surface area contributed by atoms with Crippen LogP contribution in [0.15, 0.2) is 0 Å². The van der Waals surface area contributed by atoms with Crippen molar-refractivity contribution in [2.45, 2.75) is 0 Å². The van der Waals surface area contributed by atoms with E-state index in [1.54, 1.807) is 0 Å². The lowest BCUT2D eigenvalue weighted by atomic mass is 10.3. The van der Waals surface area contributed by atoms with Crippen molar-refractivity contribution in [1.82, 2.24) is 9.80 Å². The van der Waals surface area contributed by atoms with Gasteiger partial charge in [0.1, 0.15) is 0 Å². The molecule has 0 saturated carbocycles. The van der Waals surface area contributed by atoms with Crippen LogP contribution in [0, 0.1) is 0 Å². The zero-order valence-electron chi connectivity index (χ0n) is 9.00. The van der Waals surface area contributed by atoms with Gasteiger partial charge in [-0.15, -0.1) is 0 Å². The molecule has 0 atom stereocenters. The van der Waals surface area contributed by atoms with E-state index in [1.807, 2.05) is 9.80 Å². The highest BCUT2D eigenvalue weighted by Gasteiger charge is 2.19. The van der Waals surface area contributed by atoms with E-state index in [2.05, 4.69) is 0 Å². The summed E-state index contributed by atoms with van der Waals surface area (Å²) in [4.78, 5) is 14.3. The minimum absolute atomic E-state index is 0.0447. The molecule has 0 aromatic rings. The predicted octanol–water partition coefficient (Wildman–Crippen LogP) is -2.02. The Hall–Kier alpha value is -0.700. The molecule has 3 N–H and O–H groups in total. The van der Waals surface area contributed by atoms with Gasteiger partial charge in [-0.3, -0.25) is 14.6 Å². The molecule has 1 aliphatic rings. The van der Waals surface area contributed by atoms with Crippen molar-refractivity contribution in [2.75, 3.05) is 45.0 Å². The number of nitrogens with zero attached hydrogens (tertiary/aromatic N) is 2. The number of rotatable bonds is 5. The predicted molar refractivity (Wildman–Crippen MR) is 58.5 cm³/mol. The topological polar surface area (TPSA) is 104 Å². The molecule has 8 heteroatoms. The van der Waals surface area contributed by atoms with Crippen molar-refractivity contribution in [2.24, 2.45) is 5.14 Å². The first-order valence-electron chi connectivity index (χ1n) is 5.04. The number of nitrogens with two attached hydrogens (primary N) is 1. The van der Waals surface area contributed by atoms with Crippen LogP contribution in [0.4, 0.5) is 0 Å². The highest BCUT2D eigenvalue weighted by molar-refractivity contribution is 7.89. The first kappa shape index (κ1) is 13.4. The van der Waals surface area contributed by atoms with Crippen molar-refractivity contribution >= 4 is 16.0 Å². The number of carbonyl (C=O) groups is 1. The van der Waals surface area contributed by atoms with Gasteiger partial charge in [-0.25, -0.2) is 13.6 Å². The minimum Gasteiger partial charge on any atom is -0.480 e. The Morgan fingerprint density at radius 1 is 1.19 bits per heavy atom. The highest BCUT2D eigenvalue weighted by atomic mass is 32.2. The second-order valence-electron chi connectivity index (χ2n) is 3.88. The molecular formula is C8H17N3O4S. The third-order valence-corrected chi connectivity index (χ3v) is 3.27. The Morgan fingerprint density at radius 3 is 2.12 bits per heavy atom. The average Bonchev–Trinajstić information content (AvgIpc) is 2.14. The van der Waals surface area contributed by atoms with Crippen molar-refractivity contribution in [3.05, 3.63) is 0 Å². The Kier molecular flexibility index (Phi) is 4.66. The van der Waals surface area contributed by atoms with Gasteiger partial charge in [-0.05, 0) is 0 Å². The first-order valence-corrected chi connectivity index (χ1v) is 6.75. The maximum Gasteiger partial charge on any atom is 0.317 e. The Balaban J connectivity index is 2.24. The molecular weight excluding hydrogens is 234 g/mol. The second kappa shape index (κ2) is 5.58. The smallest absolute Gasteiger partial charge is 0.317 e. The van der Waals surface area contributed by atoms with Crippen LogP contribution in [0.1, 0.15) is 0 Å². The van der Waals surface area contributed by atoms with Gasteiger partial charge in [0.15, 0.2) is 0 Å². The van der Waals surface area contributed by atoms with Crippen molar-refractivity contribution in [3.63, 3.8) is 0 Å². The lowest BCUT2D eigenvalue weighted by Gasteiger charge is -2.33. The molecule has 0 unspecified atom stereocenters. The van der Waals surface area contributed by atoms with Crippen molar-refractivity contribution in [3.8, 4) is 0 Å². The molecule has 1 rings (SSSR count). The van der Waals surface area contributed by atoms with E-state index in [9.17, 15) is 13.2 Å². The van der Waals surface area contributed by atoms with Crippen LogP contribution in [-0.2, 0) is 14.8 Å². The summed E-state index contributed by atoms with van der Waals surface area (Å²) in [5.74, 6) is -0.885. The molecule has 0 spiro atoms. The van der Waals surface area contributed by atoms with E-state index in [1.165, 1.54) is 0 Å². The third-order valence-electron chi connectivity index (χ3n) is 2.52. The fourth-order valence-corrected chi connectivity index (χ4v) is 2.13. The van der Waals surface area contributed by atoms with E-state index < -0.39 is 16.0 Å². The number of aliphatic carboxylic acids is 1. The van der Waals surface area contributed by atoms with Crippen LogP contribution < -0.4 is 5.14 Å². The van der Waals surface area contributed by atoms with Gasteiger partial charge in [0, 0.05) is 32.7 Å². The molecule has 0 bridgehead atoms. The van der Waals surface area contributed by atoms with Gasteiger partial charge in [0.05, 0.1) is 12.3 Å². The first-order chi connectivity index (χ1) is 7.37. The van der Waals surface area contributed by atoms with Crippen LogP contribution >= 0.6 is 0 Å². The van der Waals surface area contributed by atoms with Crippen LogP contribution in [0.25, 0.3) is 0 Å². The van der Waals surface area contributed by atoms with Gasteiger partial charge in [0.25, 0.3) is 0 Å². The Bertz CT molecular complexity index is 335. The van der Waals surface area contributed by atoms with E-state index in [4.69, 9.17) is 10.2 Å². The van der Waals surface area contributed by atoms with E-state index in [0.29, 0.717) is 32.7 Å². The molecule has 0 amide bonds. The zero-order chi connectivity index (χ0) is 12.2. The normalized spacial score (nSPS) is 19.8. The highest BCUT2D eigenvalue weighted by Crippen LogP contribution is 2.01. The molecule has 0 aromatic heterocycles. The maximum atomic E-state index is 10.7. The molecule has 1 heterocycles. The summed E-state index contributed by atoms with van der Waals surface area (Å²) >= 11 is 0. The zero-order valence-corrected chi connectivity index (χ0v) is 9.82. The van der Waals surface area contributed by atoms with Crippen LogP contribution in [0.3, 0.4) is 0 Å². The monoisotopic (exact) mass is 251 g/mol. The third kappa shape index (κ3) is 5.40. The fourth-order valence-electron chi connectivity index (χ4n) is 1.62. The SMILES string of the molecule is NS(=O)(=O)CCN1CCN(CC(=O)O)CC1. The van der Waals surface area contributed by atoms with Crippen LogP contribution in [0.2, 0.25) is 0 Å². The summed E-state index contributed by atoms with van der Waals surface area (Å²) in [6.45, 7) is 3.13. The number of carboxylic acids is 1. The number of sulfonamides is 1. The molecule has 16 heavy (non-hydrogen) atoms. The van der Waals surface area contributed by atoms with Gasteiger partial charge < -0.3 is 5.11 Å². The molecule has 0 radical (unpaired) electrons. The molecule has 1 fully saturated rings. The summed E-state index contributed by atoms with van der Waals surface area (Å²) < 4.78 is 21.5. The number of primary sulfonamides is 1. The summed E-state index contributed by atoms with van der Waals surface area (Å²) in [5.41, 5.74) is 0. The molecule has 0 aliphatic carbocycles. The lowest BCUT2D eigenvalue weighted by Crippen LogP contribution is -2.49. The Labute approximate surface area is 94.9 Å². The van der Waals surface area contributed by atoms with Gasteiger partial charge in [-0.1, -0.05) is 0 Å². The number of piperazine rings is 1. The molecule has 1 saturated heterocycles. The second-order valence-corrected chi connectivity index (χ2v) is 5.61. The maximum absolute atomic E-state index is 10.7. The standard InChI is InChI=1S/C8H17N3O4S/c9-16(14,15)6-5-10-1-3-11(4-2-10)7-8(12)13/h1-7H2,(H,12,13)(H2,9,14,15). The minimum atomic E-state index is -3.41. The Morgan fingerprint density at radius 2 is 1.69 bits per heavy atom. The van der Waals surface area contributed by atoms with Crippen molar-refractivity contribution in [1.29, 1.82) is 0 Å². The van der Waals surface area contributed by atoms with Crippen molar-refractivity contribution < 1.29 is 18.3 Å². The molecule has 94 valence electrons. The quantitative estimate of drug-likeness (QED) is 0.584. The lowest BCUT2D eigenvalue weighted by molar-refractivity contribution is -0.138. The van der Waals surface area contributed by atoms with Gasteiger partial charge in [0.2, 0.25) is 10.0 Å². The summed E-state index contributed by atoms with van der Waals surface area (Å²) in [5, 5.41) is 13.5. The summed E-state index contributed by atoms with van der Waals surface area (Å²) in [6, 6.07) is 0. The molecule has 1 aliphatic heterocycles.